The number of thiophene rings is 1. The van der Waals surface area contributed by atoms with Crippen LogP contribution in [0.3, 0.4) is 0 Å². The Kier molecular flexibility index (Phi) is 5.15. The van der Waals surface area contributed by atoms with Crippen molar-refractivity contribution < 1.29 is 27.4 Å². The molecule has 27 heavy (non-hydrogen) atoms. The minimum absolute atomic E-state index is 0.0118. The lowest BCUT2D eigenvalue weighted by Crippen LogP contribution is -2.13. The van der Waals surface area contributed by atoms with Gasteiger partial charge in [0, 0.05) is 4.88 Å². The summed E-state index contributed by atoms with van der Waals surface area (Å²) in [6, 6.07) is 13.2. The molecule has 0 aliphatic carbocycles. The van der Waals surface area contributed by atoms with E-state index in [1.54, 1.807) is 12.1 Å². The summed E-state index contributed by atoms with van der Waals surface area (Å²) in [5, 5.41) is 8.78. The zero-order valence-electron chi connectivity index (χ0n) is 14.0. The quantitative estimate of drug-likeness (QED) is 0.597. The monoisotopic (exact) mass is 407 g/mol. The fraction of sp³-hybridized carbons (Fsp3) is 0.0556. The highest BCUT2D eigenvalue weighted by Crippen LogP contribution is 2.41. The van der Waals surface area contributed by atoms with E-state index >= 15 is 0 Å². The summed E-state index contributed by atoms with van der Waals surface area (Å²) in [7, 11) is -3.94. The number of rotatable bonds is 5. The van der Waals surface area contributed by atoms with E-state index in [1.165, 1.54) is 42.5 Å². The molecule has 0 atom stereocenters. The highest BCUT2D eigenvalue weighted by molar-refractivity contribution is 7.92. The van der Waals surface area contributed by atoms with Gasteiger partial charge in [-0.1, -0.05) is 41.2 Å². The largest absolute Gasteiger partial charge is 0.512 e. The lowest BCUT2D eigenvalue weighted by atomic mass is 10.2. The number of carboxylic acid groups (broad SMARTS) is 1. The van der Waals surface area contributed by atoms with Gasteiger partial charge in [-0.3, -0.25) is 4.72 Å². The zero-order valence-corrected chi connectivity index (χ0v) is 15.6. The summed E-state index contributed by atoms with van der Waals surface area (Å²) in [5.41, 5.74) is 1.48. The number of hydrogen-bond donors (Lipinski definition) is 2. The van der Waals surface area contributed by atoms with Crippen molar-refractivity contribution in [1.29, 1.82) is 0 Å². The van der Waals surface area contributed by atoms with Crippen molar-refractivity contribution >= 4 is 33.2 Å². The van der Waals surface area contributed by atoms with Gasteiger partial charge < -0.3 is 9.84 Å². The molecule has 0 saturated carbocycles. The predicted octanol–water partition coefficient (Wildman–Crippen LogP) is 4.72. The Balaban J connectivity index is 1.99. The van der Waals surface area contributed by atoms with Crippen LogP contribution >= 0.6 is 11.3 Å². The highest BCUT2D eigenvalue weighted by Gasteiger charge is 2.21. The van der Waals surface area contributed by atoms with E-state index in [0.29, 0.717) is 10.4 Å². The van der Waals surface area contributed by atoms with E-state index < -0.39 is 22.0 Å². The molecule has 3 rings (SSSR count). The normalized spacial score (nSPS) is 11.2. The summed E-state index contributed by atoms with van der Waals surface area (Å²) in [6.07, 6.45) is -1.57. The molecule has 9 heteroatoms. The van der Waals surface area contributed by atoms with Crippen molar-refractivity contribution in [2.75, 3.05) is 4.72 Å². The van der Waals surface area contributed by atoms with Crippen LogP contribution in [0.15, 0.2) is 59.5 Å². The predicted molar refractivity (Wildman–Crippen MR) is 100 cm³/mol. The van der Waals surface area contributed by atoms with Crippen LogP contribution in [-0.4, -0.2) is 19.7 Å². The third-order valence-corrected chi connectivity index (χ3v) is 6.03. The average molecular weight is 407 g/mol. The molecule has 0 aliphatic heterocycles. The number of halogens is 1. The second-order valence-electron chi connectivity index (χ2n) is 5.61. The first-order valence-electron chi connectivity index (χ1n) is 7.64. The van der Waals surface area contributed by atoms with Crippen LogP contribution in [0.4, 0.5) is 14.9 Å². The average Bonchev–Trinajstić information content (AvgIpc) is 2.97. The molecule has 1 heterocycles. The van der Waals surface area contributed by atoms with Gasteiger partial charge in [-0.15, -0.1) is 0 Å². The van der Waals surface area contributed by atoms with Crippen LogP contribution in [0.1, 0.15) is 5.56 Å². The number of carbonyl (C=O) groups is 1. The highest BCUT2D eigenvalue weighted by atomic mass is 32.2. The molecular weight excluding hydrogens is 393 g/mol. The standard InChI is InChI=1S/C18H14FNO5S2/c1-11-2-8-14(9-3-11)27(23,24)20-15-10-16(26-17(15)25-18(21)22)12-4-6-13(19)7-5-12/h2-10,20H,1H3,(H,21,22). The summed E-state index contributed by atoms with van der Waals surface area (Å²) in [6.45, 7) is 1.83. The number of hydrogen-bond acceptors (Lipinski definition) is 5. The minimum atomic E-state index is -3.94. The first kappa shape index (κ1) is 18.9. The Morgan fingerprint density at radius 1 is 1.11 bits per heavy atom. The van der Waals surface area contributed by atoms with Crippen LogP contribution in [0, 0.1) is 12.7 Å². The third-order valence-electron chi connectivity index (χ3n) is 3.58. The van der Waals surface area contributed by atoms with Gasteiger partial charge in [0.05, 0.1) is 4.90 Å². The van der Waals surface area contributed by atoms with Crippen LogP contribution in [0.2, 0.25) is 0 Å². The van der Waals surface area contributed by atoms with Crippen molar-refractivity contribution in [3.05, 3.63) is 66.0 Å². The molecular formula is C18H14FNO5S2. The Morgan fingerprint density at radius 3 is 2.33 bits per heavy atom. The van der Waals surface area contributed by atoms with E-state index in [9.17, 15) is 17.6 Å². The molecule has 0 bridgehead atoms. The molecule has 1 aromatic heterocycles. The van der Waals surface area contributed by atoms with Crippen molar-refractivity contribution in [1.82, 2.24) is 0 Å². The molecule has 2 aromatic carbocycles. The van der Waals surface area contributed by atoms with E-state index in [0.717, 1.165) is 16.9 Å². The molecule has 0 saturated heterocycles. The Bertz CT molecular complexity index is 1070. The van der Waals surface area contributed by atoms with E-state index in [1.807, 2.05) is 6.92 Å². The van der Waals surface area contributed by atoms with Gasteiger partial charge in [0.2, 0.25) is 5.06 Å². The Hall–Kier alpha value is -2.91. The maximum Gasteiger partial charge on any atom is 0.512 e. The molecule has 3 aromatic rings. The van der Waals surface area contributed by atoms with Crippen LogP contribution in [0.25, 0.3) is 10.4 Å². The van der Waals surface area contributed by atoms with Gasteiger partial charge in [-0.2, -0.15) is 0 Å². The third kappa shape index (κ3) is 4.44. The molecule has 0 amide bonds. The molecule has 0 radical (unpaired) electrons. The van der Waals surface area contributed by atoms with Gasteiger partial charge in [0.25, 0.3) is 10.0 Å². The van der Waals surface area contributed by atoms with Gasteiger partial charge in [0.15, 0.2) is 0 Å². The lowest BCUT2D eigenvalue weighted by molar-refractivity contribution is 0.146. The first-order chi connectivity index (χ1) is 12.7. The second-order valence-corrected chi connectivity index (χ2v) is 8.30. The second kappa shape index (κ2) is 7.37. The number of sulfonamides is 1. The Labute approximate surface area is 158 Å². The van der Waals surface area contributed by atoms with Crippen molar-refractivity contribution in [3.8, 4) is 15.5 Å². The summed E-state index contributed by atoms with van der Waals surface area (Å²) in [5.74, 6) is -0.419. The van der Waals surface area contributed by atoms with Crippen molar-refractivity contribution in [3.63, 3.8) is 0 Å². The van der Waals surface area contributed by atoms with Gasteiger partial charge >= 0.3 is 6.16 Å². The maximum atomic E-state index is 13.1. The molecule has 0 aliphatic rings. The van der Waals surface area contributed by atoms with Crippen LogP contribution in [-0.2, 0) is 10.0 Å². The summed E-state index contributed by atoms with van der Waals surface area (Å²) in [4.78, 5) is 11.5. The van der Waals surface area contributed by atoms with E-state index in [4.69, 9.17) is 9.84 Å². The van der Waals surface area contributed by atoms with Gasteiger partial charge in [-0.05, 0) is 42.8 Å². The fourth-order valence-electron chi connectivity index (χ4n) is 2.28. The topological polar surface area (TPSA) is 92.7 Å². The maximum absolute atomic E-state index is 13.1. The SMILES string of the molecule is Cc1ccc(S(=O)(=O)Nc2cc(-c3ccc(F)cc3)sc2OC(=O)O)cc1. The number of aryl methyl sites for hydroxylation is 1. The summed E-state index contributed by atoms with van der Waals surface area (Å²) >= 11 is 0.933. The van der Waals surface area contributed by atoms with Crippen LogP contribution in [0.5, 0.6) is 5.06 Å². The van der Waals surface area contributed by atoms with Crippen LogP contribution < -0.4 is 9.46 Å². The zero-order chi connectivity index (χ0) is 19.6. The number of anilines is 1. The first-order valence-corrected chi connectivity index (χ1v) is 9.94. The molecule has 0 fully saturated rings. The summed E-state index contributed by atoms with van der Waals surface area (Å²) < 4.78 is 45.3. The lowest BCUT2D eigenvalue weighted by Gasteiger charge is -2.08. The number of ether oxygens (including phenoxy) is 1. The van der Waals surface area contributed by atoms with Crippen molar-refractivity contribution in [2.45, 2.75) is 11.8 Å². The molecule has 6 nitrogen and oxygen atoms in total. The van der Waals surface area contributed by atoms with E-state index in [-0.39, 0.29) is 15.6 Å². The molecule has 2 N–H and O–H groups in total. The van der Waals surface area contributed by atoms with Gasteiger partial charge in [-0.25, -0.2) is 17.6 Å². The smallest absolute Gasteiger partial charge is 0.449 e. The number of benzene rings is 2. The molecule has 0 unspecified atom stereocenters. The Morgan fingerprint density at radius 2 is 1.74 bits per heavy atom. The van der Waals surface area contributed by atoms with Crippen molar-refractivity contribution in [2.24, 2.45) is 0 Å². The molecule has 0 spiro atoms. The minimum Gasteiger partial charge on any atom is -0.449 e. The fourth-order valence-corrected chi connectivity index (χ4v) is 4.36. The van der Waals surface area contributed by atoms with E-state index in [2.05, 4.69) is 4.72 Å². The number of nitrogens with one attached hydrogen (secondary N) is 1. The van der Waals surface area contributed by atoms with Gasteiger partial charge in [0.1, 0.15) is 11.5 Å². The molecule has 140 valence electrons.